The van der Waals surface area contributed by atoms with Crippen LogP contribution in [-0.2, 0) is 9.53 Å². The van der Waals surface area contributed by atoms with Crippen molar-refractivity contribution in [1.29, 1.82) is 5.26 Å². The number of nitrogens with zero attached hydrogens (tertiary/aromatic N) is 1. The van der Waals surface area contributed by atoms with Crippen LogP contribution in [0.4, 0.5) is 0 Å². The fourth-order valence-corrected chi connectivity index (χ4v) is 0.356. The molecule has 0 spiro atoms. The van der Waals surface area contributed by atoms with E-state index in [-0.39, 0.29) is 5.97 Å². The fourth-order valence-electron chi connectivity index (χ4n) is 0.356. The van der Waals surface area contributed by atoms with E-state index in [1.165, 1.54) is 0 Å². The molecule has 0 heterocycles. The quantitative estimate of drug-likeness (QED) is 0.382. The molecule has 3 heteroatoms. The lowest BCUT2D eigenvalue weighted by molar-refractivity contribution is -0.137. The van der Waals surface area contributed by atoms with Gasteiger partial charge in [0.1, 0.15) is 0 Å². The summed E-state index contributed by atoms with van der Waals surface area (Å²) in [5, 5.41) is 7.79. The Morgan fingerprint density at radius 2 is 2.15 bits per heavy atom. The molecule has 0 aliphatic heterocycles. The first kappa shape index (κ1) is 14.0. The van der Waals surface area contributed by atoms with E-state index in [9.17, 15) is 4.79 Å². The molecule has 0 amide bonds. The number of carbonyl (C=O) groups excluding carboxylic acids is 1. The number of carbonyl (C=O) groups is 1. The average molecular weight is 181 g/mol. The number of hydrogen-bond donors (Lipinski definition) is 0. The number of esters is 1. The number of hydrogen-bond acceptors (Lipinski definition) is 3. The molecule has 0 aromatic carbocycles. The zero-order valence-electron chi connectivity index (χ0n) is 8.17. The van der Waals surface area contributed by atoms with Crippen LogP contribution < -0.4 is 0 Å². The van der Waals surface area contributed by atoms with Crippen molar-refractivity contribution in [3.8, 4) is 6.07 Å². The molecule has 0 bridgehead atoms. The van der Waals surface area contributed by atoms with Crippen molar-refractivity contribution in [2.45, 2.75) is 26.7 Å². The standard InChI is InChI=1S/C6H10O2.C4H5N/c1-3-5-6(7)8-4-2;1-4(2)3-5/h4H,2-3,5H2,1H3;1H2,2H3. The van der Waals surface area contributed by atoms with Crippen LogP contribution in [0, 0.1) is 11.3 Å². The lowest BCUT2D eigenvalue weighted by Gasteiger charge is -1.92. The van der Waals surface area contributed by atoms with Crippen molar-refractivity contribution in [2.24, 2.45) is 0 Å². The SMILES string of the molecule is C=C(C)C#N.C=COC(=O)CCC. The molecule has 0 aliphatic rings. The van der Waals surface area contributed by atoms with Crippen LogP contribution >= 0.6 is 0 Å². The van der Waals surface area contributed by atoms with Gasteiger partial charge in [-0.05, 0) is 13.3 Å². The summed E-state index contributed by atoms with van der Waals surface area (Å²) < 4.78 is 4.41. The summed E-state index contributed by atoms with van der Waals surface area (Å²) in [6, 6.07) is 1.83. The molecular weight excluding hydrogens is 166 g/mol. The molecule has 3 nitrogen and oxygen atoms in total. The molecule has 0 aromatic rings. The second kappa shape index (κ2) is 10.4. The molecule has 13 heavy (non-hydrogen) atoms. The Hall–Kier alpha value is -1.56. The summed E-state index contributed by atoms with van der Waals surface area (Å²) in [5.74, 6) is -0.206. The van der Waals surface area contributed by atoms with Crippen LogP contribution in [0.5, 0.6) is 0 Å². The largest absolute Gasteiger partial charge is 0.435 e. The van der Waals surface area contributed by atoms with Crippen LogP contribution in [0.25, 0.3) is 0 Å². The maximum atomic E-state index is 10.3. The highest BCUT2D eigenvalue weighted by atomic mass is 16.5. The van der Waals surface area contributed by atoms with Gasteiger partial charge in [0, 0.05) is 12.0 Å². The second-order valence-electron chi connectivity index (χ2n) is 2.30. The first-order valence-corrected chi connectivity index (χ1v) is 3.94. The highest BCUT2D eigenvalue weighted by Crippen LogP contribution is 1.89. The molecule has 72 valence electrons. The highest BCUT2D eigenvalue weighted by molar-refractivity contribution is 5.69. The third-order valence-corrected chi connectivity index (χ3v) is 0.860. The normalized spacial score (nSPS) is 7.15. The average Bonchev–Trinajstić information content (AvgIpc) is 2.06. The summed E-state index contributed by atoms with van der Waals surface area (Å²) in [6.07, 6.45) is 2.46. The fraction of sp³-hybridized carbons (Fsp3) is 0.400. The molecule has 0 radical (unpaired) electrons. The molecule has 0 fully saturated rings. The van der Waals surface area contributed by atoms with Crippen LogP contribution in [-0.4, -0.2) is 5.97 Å². The summed E-state index contributed by atoms with van der Waals surface area (Å²) in [4.78, 5) is 10.3. The van der Waals surface area contributed by atoms with E-state index in [1.807, 2.05) is 13.0 Å². The van der Waals surface area contributed by atoms with E-state index < -0.39 is 0 Å². The third-order valence-electron chi connectivity index (χ3n) is 0.860. The smallest absolute Gasteiger partial charge is 0.310 e. The van der Waals surface area contributed by atoms with Gasteiger partial charge in [-0.2, -0.15) is 5.26 Å². The third kappa shape index (κ3) is 17.9. The van der Waals surface area contributed by atoms with Gasteiger partial charge in [-0.3, -0.25) is 4.79 Å². The number of rotatable bonds is 3. The van der Waals surface area contributed by atoms with Crippen molar-refractivity contribution in [1.82, 2.24) is 0 Å². The van der Waals surface area contributed by atoms with Gasteiger partial charge in [-0.1, -0.05) is 20.1 Å². The van der Waals surface area contributed by atoms with Crippen LogP contribution in [0.2, 0.25) is 0 Å². The zero-order valence-corrected chi connectivity index (χ0v) is 8.17. The summed E-state index contributed by atoms with van der Waals surface area (Å²) in [7, 11) is 0. The molecule has 0 rings (SSSR count). The summed E-state index contributed by atoms with van der Waals surface area (Å²) >= 11 is 0. The Kier molecular flexibility index (Phi) is 11.2. The van der Waals surface area contributed by atoms with Gasteiger partial charge in [0.25, 0.3) is 0 Å². The Balaban J connectivity index is 0. The Morgan fingerprint density at radius 1 is 1.69 bits per heavy atom. The van der Waals surface area contributed by atoms with Gasteiger partial charge in [0.05, 0.1) is 12.3 Å². The first-order valence-electron chi connectivity index (χ1n) is 3.94. The number of ether oxygens (including phenoxy) is 1. The lowest BCUT2D eigenvalue weighted by atomic mass is 10.3. The molecular formula is C10H15NO2. The lowest BCUT2D eigenvalue weighted by Crippen LogP contribution is -1.96. The van der Waals surface area contributed by atoms with E-state index in [2.05, 4.69) is 17.9 Å². The van der Waals surface area contributed by atoms with Crippen molar-refractivity contribution in [2.75, 3.05) is 0 Å². The first-order chi connectivity index (χ1) is 6.08. The van der Waals surface area contributed by atoms with Crippen molar-refractivity contribution in [3.05, 3.63) is 25.0 Å². The zero-order chi connectivity index (χ0) is 10.7. The minimum atomic E-state index is -0.206. The number of allylic oxidation sites excluding steroid dienone is 1. The topological polar surface area (TPSA) is 50.1 Å². The summed E-state index contributed by atoms with van der Waals surface area (Å²) in [5.41, 5.74) is 0.560. The van der Waals surface area contributed by atoms with Gasteiger partial charge in [-0.15, -0.1) is 0 Å². The molecule has 0 aromatic heterocycles. The van der Waals surface area contributed by atoms with Crippen LogP contribution in [0.3, 0.4) is 0 Å². The Bertz CT molecular complexity index is 213. The van der Waals surface area contributed by atoms with Gasteiger partial charge in [-0.25, -0.2) is 0 Å². The molecule has 0 saturated heterocycles. The van der Waals surface area contributed by atoms with E-state index in [1.54, 1.807) is 6.92 Å². The maximum Gasteiger partial charge on any atom is 0.310 e. The van der Waals surface area contributed by atoms with Gasteiger partial charge < -0.3 is 4.74 Å². The van der Waals surface area contributed by atoms with Crippen molar-refractivity contribution in [3.63, 3.8) is 0 Å². The van der Waals surface area contributed by atoms with E-state index in [4.69, 9.17) is 5.26 Å². The van der Waals surface area contributed by atoms with E-state index >= 15 is 0 Å². The minimum Gasteiger partial charge on any atom is -0.435 e. The predicted molar refractivity (Wildman–Crippen MR) is 51.6 cm³/mol. The monoisotopic (exact) mass is 181 g/mol. The molecule has 0 unspecified atom stereocenters. The van der Waals surface area contributed by atoms with Crippen LogP contribution in [0.1, 0.15) is 26.7 Å². The van der Waals surface area contributed by atoms with Crippen LogP contribution in [0.15, 0.2) is 25.0 Å². The Labute approximate surface area is 79.3 Å². The highest BCUT2D eigenvalue weighted by Gasteiger charge is 1.94. The van der Waals surface area contributed by atoms with Gasteiger partial charge in [0.2, 0.25) is 0 Å². The van der Waals surface area contributed by atoms with E-state index in [0.29, 0.717) is 12.0 Å². The van der Waals surface area contributed by atoms with Gasteiger partial charge in [0.15, 0.2) is 0 Å². The molecule has 0 saturated carbocycles. The van der Waals surface area contributed by atoms with Crippen molar-refractivity contribution < 1.29 is 9.53 Å². The predicted octanol–water partition coefficient (Wildman–Crippen LogP) is 2.56. The van der Waals surface area contributed by atoms with E-state index in [0.717, 1.165) is 12.7 Å². The molecule has 0 atom stereocenters. The minimum absolute atomic E-state index is 0.206. The number of nitriles is 1. The maximum absolute atomic E-state index is 10.3. The second-order valence-corrected chi connectivity index (χ2v) is 2.30. The van der Waals surface area contributed by atoms with Gasteiger partial charge >= 0.3 is 5.97 Å². The Morgan fingerprint density at radius 3 is 2.38 bits per heavy atom. The van der Waals surface area contributed by atoms with Crippen molar-refractivity contribution >= 4 is 5.97 Å². The summed E-state index contributed by atoms with van der Waals surface area (Å²) in [6.45, 7) is 10.1. The molecule has 0 aliphatic carbocycles. The molecule has 0 N–H and O–H groups in total.